The lowest BCUT2D eigenvalue weighted by Crippen LogP contribution is -2.34. The zero-order valence-corrected chi connectivity index (χ0v) is 13.7. The van der Waals surface area contributed by atoms with E-state index in [2.05, 4.69) is 22.6 Å². The molecule has 1 aromatic rings. The molecular formula is C15H17ClINO. The minimum atomic E-state index is 0.150. The number of halogens is 2. The van der Waals surface area contributed by atoms with Gasteiger partial charge in [0.05, 0.1) is 5.02 Å². The summed E-state index contributed by atoms with van der Waals surface area (Å²) in [6.45, 7) is 1.86. The summed E-state index contributed by atoms with van der Waals surface area (Å²) in [7, 11) is 0. The molecule has 2 saturated carbocycles. The molecule has 0 radical (unpaired) electrons. The molecule has 2 nitrogen and oxygen atoms in total. The van der Waals surface area contributed by atoms with Crippen molar-refractivity contribution in [1.29, 1.82) is 0 Å². The van der Waals surface area contributed by atoms with E-state index in [4.69, 9.17) is 11.6 Å². The van der Waals surface area contributed by atoms with Gasteiger partial charge in [0.15, 0.2) is 0 Å². The smallest absolute Gasteiger partial charge is 0.253 e. The summed E-state index contributed by atoms with van der Waals surface area (Å²) in [6, 6.07) is 5.61. The highest BCUT2D eigenvalue weighted by atomic mass is 127. The topological polar surface area (TPSA) is 20.3 Å². The van der Waals surface area contributed by atoms with Gasteiger partial charge in [-0.25, -0.2) is 0 Å². The second-order valence-electron chi connectivity index (χ2n) is 5.73. The molecule has 0 unspecified atom stereocenters. The van der Waals surface area contributed by atoms with Crippen LogP contribution in [0.15, 0.2) is 18.2 Å². The van der Waals surface area contributed by atoms with Crippen molar-refractivity contribution in [2.45, 2.75) is 25.7 Å². The maximum Gasteiger partial charge on any atom is 0.253 e. The molecule has 1 aromatic carbocycles. The van der Waals surface area contributed by atoms with E-state index in [-0.39, 0.29) is 5.91 Å². The second-order valence-corrected chi connectivity index (χ2v) is 7.30. The highest BCUT2D eigenvalue weighted by Gasteiger charge is 2.31. The van der Waals surface area contributed by atoms with Crippen LogP contribution in [0.1, 0.15) is 36.0 Å². The highest BCUT2D eigenvalue weighted by Crippen LogP contribution is 2.34. The van der Waals surface area contributed by atoms with Crippen molar-refractivity contribution in [3.63, 3.8) is 0 Å². The molecule has 2 fully saturated rings. The van der Waals surface area contributed by atoms with E-state index in [1.54, 1.807) is 6.07 Å². The van der Waals surface area contributed by atoms with E-state index >= 15 is 0 Å². The van der Waals surface area contributed by atoms with Crippen molar-refractivity contribution in [2.75, 3.05) is 13.1 Å². The van der Waals surface area contributed by atoms with Gasteiger partial charge in [-0.3, -0.25) is 4.79 Å². The molecule has 0 aliphatic heterocycles. The van der Waals surface area contributed by atoms with Crippen molar-refractivity contribution in [1.82, 2.24) is 4.90 Å². The Labute approximate surface area is 132 Å². The summed E-state index contributed by atoms with van der Waals surface area (Å²) >= 11 is 8.31. The van der Waals surface area contributed by atoms with E-state index in [0.717, 1.165) is 34.1 Å². The number of carbonyl (C=O) groups is 1. The molecule has 0 N–H and O–H groups in total. The van der Waals surface area contributed by atoms with Crippen LogP contribution >= 0.6 is 34.2 Å². The summed E-state index contributed by atoms with van der Waals surface area (Å²) < 4.78 is 0.992. The van der Waals surface area contributed by atoms with Crippen LogP contribution in [-0.4, -0.2) is 23.9 Å². The highest BCUT2D eigenvalue weighted by molar-refractivity contribution is 14.1. The quantitative estimate of drug-likeness (QED) is 0.691. The third-order valence-corrected chi connectivity index (χ3v) is 5.38. The summed E-state index contributed by atoms with van der Waals surface area (Å²) in [4.78, 5) is 14.6. The van der Waals surface area contributed by atoms with Crippen molar-refractivity contribution < 1.29 is 4.79 Å². The van der Waals surface area contributed by atoms with Gasteiger partial charge in [0.2, 0.25) is 0 Å². The second kappa shape index (κ2) is 5.60. The Balaban J connectivity index is 1.74. The minimum Gasteiger partial charge on any atom is -0.338 e. The first-order chi connectivity index (χ1) is 9.13. The van der Waals surface area contributed by atoms with Gasteiger partial charge in [0, 0.05) is 22.2 Å². The monoisotopic (exact) mass is 389 g/mol. The number of amides is 1. The summed E-state index contributed by atoms with van der Waals surface area (Å²) in [5.74, 6) is 1.63. The molecule has 0 spiro atoms. The molecule has 0 heterocycles. The van der Waals surface area contributed by atoms with Gasteiger partial charge < -0.3 is 4.90 Å². The van der Waals surface area contributed by atoms with E-state index in [9.17, 15) is 4.79 Å². The largest absolute Gasteiger partial charge is 0.338 e. The number of carbonyl (C=O) groups excluding carboxylic acids is 1. The third kappa shape index (κ3) is 3.63. The van der Waals surface area contributed by atoms with Gasteiger partial charge in [0.1, 0.15) is 0 Å². The SMILES string of the molecule is O=C(c1ccc(I)c(Cl)c1)N(CC1CC1)CC1CC1. The molecule has 0 saturated heterocycles. The summed E-state index contributed by atoms with van der Waals surface area (Å²) in [5.41, 5.74) is 0.728. The lowest BCUT2D eigenvalue weighted by molar-refractivity contribution is 0.0739. The van der Waals surface area contributed by atoms with Crippen LogP contribution in [0.5, 0.6) is 0 Å². The van der Waals surface area contributed by atoms with Gasteiger partial charge >= 0.3 is 0 Å². The Kier molecular flexibility index (Phi) is 4.03. The Morgan fingerprint density at radius 2 is 1.79 bits per heavy atom. The molecular weight excluding hydrogens is 373 g/mol. The first-order valence-corrected chi connectivity index (χ1v) is 8.33. The predicted molar refractivity (Wildman–Crippen MR) is 85.5 cm³/mol. The number of hydrogen-bond donors (Lipinski definition) is 0. The van der Waals surface area contributed by atoms with Gasteiger partial charge in [0.25, 0.3) is 5.91 Å². The van der Waals surface area contributed by atoms with Crippen molar-refractivity contribution in [3.8, 4) is 0 Å². The first-order valence-electron chi connectivity index (χ1n) is 6.88. The van der Waals surface area contributed by atoms with Crippen LogP contribution in [0.25, 0.3) is 0 Å². The average molecular weight is 390 g/mol. The summed E-state index contributed by atoms with van der Waals surface area (Å²) in [6.07, 6.45) is 5.12. The number of nitrogens with zero attached hydrogens (tertiary/aromatic N) is 1. The van der Waals surface area contributed by atoms with Crippen LogP contribution in [0.4, 0.5) is 0 Å². The fraction of sp³-hybridized carbons (Fsp3) is 0.533. The average Bonchev–Trinajstić information content (AvgIpc) is 3.26. The van der Waals surface area contributed by atoms with E-state index in [1.165, 1.54) is 25.7 Å². The van der Waals surface area contributed by atoms with E-state index in [0.29, 0.717) is 5.02 Å². The van der Waals surface area contributed by atoms with Crippen LogP contribution in [0, 0.1) is 15.4 Å². The first kappa shape index (κ1) is 13.7. The zero-order chi connectivity index (χ0) is 13.4. The number of hydrogen-bond acceptors (Lipinski definition) is 1. The number of rotatable bonds is 5. The van der Waals surface area contributed by atoms with E-state index < -0.39 is 0 Å². The number of benzene rings is 1. The predicted octanol–water partition coefficient (Wildman–Crippen LogP) is 4.21. The summed E-state index contributed by atoms with van der Waals surface area (Å²) in [5, 5.41) is 0.671. The minimum absolute atomic E-state index is 0.150. The maximum absolute atomic E-state index is 12.6. The molecule has 3 rings (SSSR count). The molecule has 1 amide bonds. The molecule has 2 aliphatic rings. The standard InChI is InChI=1S/C15H17ClINO/c16-13-7-12(5-6-14(13)17)15(19)18(8-10-1-2-10)9-11-3-4-11/h5-7,10-11H,1-4,8-9H2. The Morgan fingerprint density at radius 1 is 1.21 bits per heavy atom. The molecule has 4 heteroatoms. The maximum atomic E-state index is 12.6. The molecule has 0 bridgehead atoms. The van der Waals surface area contributed by atoms with Crippen molar-refractivity contribution >= 4 is 40.1 Å². The Bertz CT molecular complexity index is 483. The zero-order valence-electron chi connectivity index (χ0n) is 10.7. The van der Waals surface area contributed by atoms with Crippen LogP contribution in [0.2, 0.25) is 5.02 Å². The molecule has 102 valence electrons. The Hall–Kier alpha value is -0.290. The van der Waals surface area contributed by atoms with Crippen molar-refractivity contribution in [2.24, 2.45) is 11.8 Å². The van der Waals surface area contributed by atoms with Crippen LogP contribution in [-0.2, 0) is 0 Å². The van der Waals surface area contributed by atoms with Crippen LogP contribution in [0.3, 0.4) is 0 Å². The van der Waals surface area contributed by atoms with Gasteiger partial charge in [-0.05, 0) is 78.3 Å². The Morgan fingerprint density at radius 3 is 2.26 bits per heavy atom. The van der Waals surface area contributed by atoms with E-state index in [1.807, 2.05) is 17.0 Å². The third-order valence-electron chi connectivity index (χ3n) is 3.80. The normalized spacial score (nSPS) is 18.4. The van der Waals surface area contributed by atoms with Gasteiger partial charge in [-0.2, -0.15) is 0 Å². The van der Waals surface area contributed by atoms with Gasteiger partial charge in [-0.15, -0.1) is 0 Å². The molecule has 0 aromatic heterocycles. The molecule has 2 aliphatic carbocycles. The molecule has 19 heavy (non-hydrogen) atoms. The lowest BCUT2D eigenvalue weighted by atomic mass is 10.2. The fourth-order valence-electron chi connectivity index (χ4n) is 2.28. The van der Waals surface area contributed by atoms with Gasteiger partial charge in [-0.1, -0.05) is 11.6 Å². The van der Waals surface area contributed by atoms with Crippen molar-refractivity contribution in [3.05, 3.63) is 32.4 Å². The molecule has 0 atom stereocenters. The fourth-order valence-corrected chi connectivity index (χ4v) is 2.79. The van der Waals surface area contributed by atoms with Crippen LogP contribution < -0.4 is 0 Å². The lowest BCUT2D eigenvalue weighted by Gasteiger charge is -2.23.